The molecule has 0 saturated heterocycles. The van der Waals surface area contributed by atoms with E-state index in [4.69, 9.17) is 4.74 Å². The van der Waals surface area contributed by atoms with E-state index in [0.717, 1.165) is 36.7 Å². The second kappa shape index (κ2) is 5.93. The van der Waals surface area contributed by atoms with E-state index in [1.807, 2.05) is 6.92 Å². The van der Waals surface area contributed by atoms with E-state index < -0.39 is 0 Å². The lowest BCUT2D eigenvalue weighted by atomic mass is 9.85. The molecule has 2 atom stereocenters. The fraction of sp³-hybridized carbons (Fsp3) is 0.778. The molecular formula is C18H27N3O2. The Morgan fingerprint density at radius 1 is 1.22 bits per heavy atom. The van der Waals surface area contributed by atoms with Gasteiger partial charge in [0.05, 0.1) is 17.9 Å². The Morgan fingerprint density at radius 2 is 1.91 bits per heavy atom. The summed E-state index contributed by atoms with van der Waals surface area (Å²) >= 11 is 0. The molecule has 0 aromatic carbocycles. The van der Waals surface area contributed by atoms with E-state index in [1.165, 1.54) is 32.1 Å². The van der Waals surface area contributed by atoms with Crippen LogP contribution in [0.25, 0.3) is 0 Å². The largest absolute Gasteiger partial charge is 0.369 e. The number of amides is 1. The lowest BCUT2D eigenvalue weighted by molar-refractivity contribution is -0.00703. The number of hydrogen-bond donors (Lipinski definition) is 1. The fourth-order valence-corrected chi connectivity index (χ4v) is 3.84. The summed E-state index contributed by atoms with van der Waals surface area (Å²) in [5.74, 6) is 1.55. The predicted octanol–water partition coefficient (Wildman–Crippen LogP) is 3.08. The Bertz CT molecular complexity index is 589. The molecule has 5 heteroatoms. The maximum absolute atomic E-state index is 13.1. The lowest BCUT2D eigenvalue weighted by Gasteiger charge is -2.32. The fourth-order valence-electron chi connectivity index (χ4n) is 3.84. The standard InChI is InChI=1S/C18H27N3O2/c1-11-8-15-16(12(2)23-11)19-20-17(15)18(22)21(10-14-6-7-14)9-13-4-3-5-13/h11-14H,3-10H2,1-2H3,(H,19,20)/t11-,12+/m1/s1. The van der Waals surface area contributed by atoms with Crippen LogP contribution >= 0.6 is 0 Å². The highest BCUT2D eigenvalue weighted by atomic mass is 16.5. The predicted molar refractivity (Wildman–Crippen MR) is 87.2 cm³/mol. The maximum Gasteiger partial charge on any atom is 0.274 e. The van der Waals surface area contributed by atoms with Gasteiger partial charge in [0.15, 0.2) is 5.69 Å². The smallest absolute Gasteiger partial charge is 0.274 e. The Labute approximate surface area is 137 Å². The minimum Gasteiger partial charge on any atom is -0.369 e. The van der Waals surface area contributed by atoms with Gasteiger partial charge in [-0.05, 0) is 51.4 Å². The van der Waals surface area contributed by atoms with Crippen LogP contribution in [0.15, 0.2) is 0 Å². The summed E-state index contributed by atoms with van der Waals surface area (Å²) in [7, 11) is 0. The van der Waals surface area contributed by atoms with Gasteiger partial charge in [-0.2, -0.15) is 5.10 Å². The molecule has 1 aliphatic heterocycles. The van der Waals surface area contributed by atoms with Crippen molar-refractivity contribution in [2.75, 3.05) is 13.1 Å². The summed E-state index contributed by atoms with van der Waals surface area (Å²) in [5, 5.41) is 7.45. The van der Waals surface area contributed by atoms with Gasteiger partial charge in [-0.1, -0.05) is 6.42 Å². The Balaban J connectivity index is 1.56. The zero-order valence-corrected chi connectivity index (χ0v) is 14.2. The van der Waals surface area contributed by atoms with Crippen molar-refractivity contribution in [3.8, 4) is 0 Å². The molecule has 126 valence electrons. The number of fused-ring (bicyclic) bond motifs is 1. The third-order valence-electron chi connectivity index (χ3n) is 5.60. The molecule has 1 aromatic rings. The van der Waals surface area contributed by atoms with Crippen LogP contribution in [0.2, 0.25) is 0 Å². The molecule has 0 spiro atoms. The van der Waals surface area contributed by atoms with Crippen LogP contribution < -0.4 is 0 Å². The lowest BCUT2D eigenvalue weighted by Crippen LogP contribution is -2.39. The number of aromatic amines is 1. The second-order valence-electron chi connectivity index (χ2n) is 7.71. The van der Waals surface area contributed by atoms with Gasteiger partial charge in [0, 0.05) is 25.1 Å². The SMILES string of the molecule is C[C@@H]1Cc2c(C(=O)N(CC3CCC3)CC3CC3)n[nH]c2[C@H](C)O1. The number of carbonyl (C=O) groups excluding carboxylic acids is 1. The van der Waals surface area contributed by atoms with Crippen LogP contribution in [0, 0.1) is 11.8 Å². The molecule has 1 N–H and O–H groups in total. The van der Waals surface area contributed by atoms with Crippen molar-refractivity contribution >= 4 is 5.91 Å². The molecule has 2 saturated carbocycles. The van der Waals surface area contributed by atoms with E-state index in [0.29, 0.717) is 11.6 Å². The number of hydrogen-bond acceptors (Lipinski definition) is 3. The van der Waals surface area contributed by atoms with Gasteiger partial charge in [0.25, 0.3) is 5.91 Å². The minimum absolute atomic E-state index is 0.00804. The van der Waals surface area contributed by atoms with Gasteiger partial charge in [0.1, 0.15) is 0 Å². The quantitative estimate of drug-likeness (QED) is 0.908. The molecule has 4 rings (SSSR count). The van der Waals surface area contributed by atoms with Crippen LogP contribution in [0.4, 0.5) is 0 Å². The number of nitrogens with one attached hydrogen (secondary N) is 1. The summed E-state index contributed by atoms with van der Waals surface area (Å²) in [5.41, 5.74) is 2.71. The first kappa shape index (κ1) is 15.2. The van der Waals surface area contributed by atoms with Crippen molar-refractivity contribution in [3.63, 3.8) is 0 Å². The highest BCUT2D eigenvalue weighted by Crippen LogP contribution is 2.34. The van der Waals surface area contributed by atoms with Crippen molar-refractivity contribution < 1.29 is 9.53 Å². The van der Waals surface area contributed by atoms with Gasteiger partial charge in [-0.15, -0.1) is 0 Å². The van der Waals surface area contributed by atoms with Gasteiger partial charge in [-0.25, -0.2) is 0 Å². The molecule has 1 aromatic heterocycles. The summed E-state index contributed by atoms with van der Waals surface area (Å²) < 4.78 is 5.84. The molecular weight excluding hydrogens is 290 g/mol. The first-order valence-corrected chi connectivity index (χ1v) is 9.13. The van der Waals surface area contributed by atoms with Crippen molar-refractivity contribution in [2.45, 2.75) is 64.6 Å². The number of aromatic nitrogens is 2. The number of H-pyrrole nitrogens is 1. The number of nitrogens with zero attached hydrogens (tertiary/aromatic N) is 2. The third kappa shape index (κ3) is 3.03. The molecule has 2 fully saturated rings. The molecule has 2 aliphatic carbocycles. The normalized spacial score (nSPS) is 27.4. The molecule has 23 heavy (non-hydrogen) atoms. The summed E-state index contributed by atoms with van der Waals surface area (Å²) in [4.78, 5) is 15.2. The van der Waals surface area contributed by atoms with Crippen molar-refractivity contribution in [1.29, 1.82) is 0 Å². The third-order valence-corrected chi connectivity index (χ3v) is 5.60. The average Bonchev–Trinajstić information content (AvgIpc) is 3.18. The summed E-state index contributed by atoms with van der Waals surface area (Å²) in [6, 6.07) is 0. The van der Waals surface area contributed by atoms with Crippen LogP contribution in [-0.4, -0.2) is 40.2 Å². The van der Waals surface area contributed by atoms with Crippen molar-refractivity contribution in [2.24, 2.45) is 11.8 Å². The van der Waals surface area contributed by atoms with Crippen molar-refractivity contribution in [3.05, 3.63) is 17.0 Å². The van der Waals surface area contributed by atoms with Crippen LogP contribution in [0.3, 0.4) is 0 Å². The Morgan fingerprint density at radius 3 is 2.52 bits per heavy atom. The summed E-state index contributed by atoms with van der Waals surface area (Å²) in [6.45, 7) is 5.92. The molecule has 3 aliphatic rings. The van der Waals surface area contributed by atoms with E-state index in [9.17, 15) is 4.79 Å². The van der Waals surface area contributed by atoms with Gasteiger partial charge in [-0.3, -0.25) is 9.89 Å². The van der Waals surface area contributed by atoms with Crippen LogP contribution in [0.1, 0.15) is 73.8 Å². The molecule has 0 unspecified atom stereocenters. The van der Waals surface area contributed by atoms with E-state index in [-0.39, 0.29) is 18.1 Å². The maximum atomic E-state index is 13.1. The Kier molecular flexibility index (Phi) is 3.92. The number of ether oxygens (including phenoxy) is 1. The van der Waals surface area contributed by atoms with Gasteiger partial charge >= 0.3 is 0 Å². The van der Waals surface area contributed by atoms with E-state index in [2.05, 4.69) is 22.0 Å². The van der Waals surface area contributed by atoms with E-state index >= 15 is 0 Å². The molecule has 1 amide bonds. The summed E-state index contributed by atoms with van der Waals surface area (Å²) in [6.07, 6.45) is 7.32. The molecule has 5 nitrogen and oxygen atoms in total. The van der Waals surface area contributed by atoms with Crippen LogP contribution in [-0.2, 0) is 11.2 Å². The zero-order valence-electron chi connectivity index (χ0n) is 14.2. The monoisotopic (exact) mass is 317 g/mol. The zero-order chi connectivity index (χ0) is 16.0. The minimum atomic E-state index is -0.00804. The second-order valence-corrected chi connectivity index (χ2v) is 7.71. The Hall–Kier alpha value is -1.36. The molecule has 2 heterocycles. The van der Waals surface area contributed by atoms with Gasteiger partial charge in [0.2, 0.25) is 0 Å². The first-order chi connectivity index (χ1) is 11.1. The van der Waals surface area contributed by atoms with Crippen molar-refractivity contribution in [1.82, 2.24) is 15.1 Å². The number of carbonyl (C=O) groups is 1. The average molecular weight is 317 g/mol. The highest BCUT2D eigenvalue weighted by molar-refractivity contribution is 5.94. The first-order valence-electron chi connectivity index (χ1n) is 9.13. The van der Waals surface area contributed by atoms with E-state index in [1.54, 1.807) is 0 Å². The number of rotatable bonds is 5. The highest BCUT2D eigenvalue weighted by Gasteiger charge is 2.35. The molecule has 0 bridgehead atoms. The topological polar surface area (TPSA) is 58.2 Å². The van der Waals surface area contributed by atoms with Gasteiger partial charge < -0.3 is 9.64 Å². The van der Waals surface area contributed by atoms with Crippen LogP contribution in [0.5, 0.6) is 0 Å². The molecule has 0 radical (unpaired) electrons.